The lowest BCUT2D eigenvalue weighted by atomic mass is 9.88. The molecule has 6 aromatic carbocycles. The first kappa shape index (κ1) is 26.7. The fraction of sp³-hybridized carbons (Fsp3) is 0.229. The number of carbonyl (C=O) groups is 1. The van der Waals surface area contributed by atoms with Gasteiger partial charge in [0, 0.05) is 37.0 Å². The Bertz CT molecular complexity index is 1720. The summed E-state index contributed by atoms with van der Waals surface area (Å²) < 4.78 is 5.77. The van der Waals surface area contributed by atoms with Gasteiger partial charge in [-0.2, -0.15) is 0 Å². The predicted octanol–water partition coefficient (Wildman–Crippen LogP) is 9.09. The molecule has 0 aromatic heterocycles. The lowest BCUT2D eigenvalue weighted by Gasteiger charge is -2.23. The quantitative estimate of drug-likeness (QED) is 0.0676. The molecule has 6 aromatic rings. The smallest absolute Gasteiger partial charge is 0.306 e. The number of nitrogens with zero attached hydrogens (tertiary/aromatic N) is 1. The number of rotatable bonds is 11. The van der Waals surface area contributed by atoms with E-state index in [1.165, 1.54) is 43.3 Å². The minimum absolute atomic E-state index is 0.164. The van der Waals surface area contributed by atoms with Crippen LogP contribution in [0.5, 0.6) is 0 Å². The van der Waals surface area contributed by atoms with Gasteiger partial charge >= 0.3 is 5.97 Å². The molecule has 0 saturated carbocycles. The molecule has 0 saturated heterocycles. The van der Waals surface area contributed by atoms with Crippen LogP contribution in [-0.4, -0.2) is 30.8 Å². The van der Waals surface area contributed by atoms with Gasteiger partial charge in [0.1, 0.15) is 6.61 Å². The highest BCUT2D eigenvalue weighted by atomic mass is 35.5. The van der Waals surface area contributed by atoms with Crippen molar-refractivity contribution >= 4 is 77.9 Å². The Hall–Kier alpha value is -3.53. The van der Waals surface area contributed by atoms with Crippen LogP contribution in [0.1, 0.15) is 24.0 Å². The average Bonchev–Trinajstić information content (AvgIpc) is 2.99. The first-order chi connectivity index (χ1) is 19.7. The number of fused-ring (bicyclic) bond motifs is 2. The highest BCUT2D eigenvalue weighted by molar-refractivity contribution is 6.33. The van der Waals surface area contributed by atoms with Gasteiger partial charge in [-0.3, -0.25) is 4.79 Å². The van der Waals surface area contributed by atoms with Crippen molar-refractivity contribution < 1.29 is 9.53 Å². The maximum Gasteiger partial charge on any atom is 0.306 e. The minimum atomic E-state index is -0.164. The Labute approximate surface area is 244 Å². The number of aryl methyl sites for hydroxylation is 1. The number of esters is 1. The van der Waals surface area contributed by atoms with E-state index in [0.29, 0.717) is 18.2 Å². The first-order valence-electron chi connectivity index (χ1n) is 13.9. The van der Waals surface area contributed by atoms with Crippen LogP contribution < -0.4 is 4.90 Å². The third-order valence-corrected chi connectivity index (χ3v) is 8.20. The van der Waals surface area contributed by atoms with Gasteiger partial charge in [-0.15, -0.1) is 23.2 Å². The summed E-state index contributed by atoms with van der Waals surface area (Å²) >= 11 is 11.9. The van der Waals surface area contributed by atoms with E-state index >= 15 is 0 Å². The van der Waals surface area contributed by atoms with Gasteiger partial charge in [0.2, 0.25) is 0 Å². The van der Waals surface area contributed by atoms with Gasteiger partial charge < -0.3 is 9.64 Å². The maximum absolute atomic E-state index is 12.7. The fourth-order valence-electron chi connectivity index (χ4n) is 5.95. The molecule has 0 spiro atoms. The molecular weight excluding hydrogens is 537 g/mol. The molecule has 0 aliphatic heterocycles. The van der Waals surface area contributed by atoms with Crippen molar-refractivity contribution in [1.29, 1.82) is 0 Å². The number of alkyl halides is 2. The van der Waals surface area contributed by atoms with E-state index in [-0.39, 0.29) is 12.6 Å². The maximum atomic E-state index is 12.7. The van der Waals surface area contributed by atoms with Crippen LogP contribution in [0.4, 0.5) is 5.69 Å². The van der Waals surface area contributed by atoms with Crippen molar-refractivity contribution in [2.45, 2.75) is 25.9 Å². The number of carbonyl (C=O) groups excluding carboxylic acids is 1. The highest BCUT2D eigenvalue weighted by Gasteiger charge is 2.15. The molecule has 0 atom stereocenters. The summed E-state index contributed by atoms with van der Waals surface area (Å²) in [6.07, 6.45) is 1.96. The zero-order chi connectivity index (χ0) is 27.5. The highest BCUT2D eigenvalue weighted by Crippen LogP contribution is 2.41. The molecule has 0 radical (unpaired) electrons. The first-order valence-corrected chi connectivity index (χ1v) is 14.9. The van der Waals surface area contributed by atoms with Crippen LogP contribution in [0.15, 0.2) is 91.0 Å². The Morgan fingerprint density at radius 1 is 0.675 bits per heavy atom. The normalized spacial score (nSPS) is 11.7. The van der Waals surface area contributed by atoms with Crippen LogP contribution in [-0.2, 0) is 22.6 Å². The number of hydrogen-bond donors (Lipinski definition) is 0. The summed E-state index contributed by atoms with van der Waals surface area (Å²) in [7, 11) is 0. The molecule has 0 amide bonds. The standard InChI is InChI=1S/C35H31Cl2NO2/c36-19-21-38(22-20-37)27-16-13-24(14-17-27)5-1-12-33(39)40-23-26-15-18-32-30-10-3-7-25-6-2-9-29(34(25)30)31-11-4-8-28(26)35(31)32/h2-4,6-11,13-18H,1,5,12,19-23H2. The van der Waals surface area contributed by atoms with Gasteiger partial charge in [0.15, 0.2) is 0 Å². The predicted molar refractivity (Wildman–Crippen MR) is 170 cm³/mol. The molecular formula is C35H31Cl2NO2. The SMILES string of the molecule is O=C(CCCc1ccc(N(CCCl)CCCl)cc1)OCc1ccc2c3cccc4cccc(c5cccc1c52)c43. The van der Waals surface area contributed by atoms with Crippen LogP contribution >= 0.6 is 23.2 Å². The molecule has 0 unspecified atom stereocenters. The summed E-state index contributed by atoms with van der Waals surface area (Å²) in [5, 5.41) is 9.95. The van der Waals surface area contributed by atoms with Crippen LogP contribution in [0, 0.1) is 0 Å². The molecule has 0 aliphatic carbocycles. The third kappa shape index (κ3) is 5.16. The number of benzene rings is 6. The monoisotopic (exact) mass is 567 g/mol. The zero-order valence-electron chi connectivity index (χ0n) is 22.3. The van der Waals surface area contributed by atoms with E-state index < -0.39 is 0 Å². The molecule has 40 heavy (non-hydrogen) atoms. The summed E-state index contributed by atoms with van der Waals surface area (Å²) in [5.41, 5.74) is 3.35. The minimum Gasteiger partial charge on any atom is -0.461 e. The molecule has 0 N–H and O–H groups in total. The molecule has 0 aliphatic rings. The largest absolute Gasteiger partial charge is 0.461 e. The van der Waals surface area contributed by atoms with Gasteiger partial charge in [0.25, 0.3) is 0 Å². The van der Waals surface area contributed by atoms with Crippen LogP contribution in [0.25, 0.3) is 43.1 Å². The van der Waals surface area contributed by atoms with Crippen molar-refractivity contribution in [3.8, 4) is 0 Å². The lowest BCUT2D eigenvalue weighted by molar-refractivity contribution is -0.145. The van der Waals surface area contributed by atoms with E-state index in [4.69, 9.17) is 27.9 Å². The summed E-state index contributed by atoms with van der Waals surface area (Å²) in [6.45, 7) is 1.81. The fourth-order valence-corrected chi connectivity index (χ4v) is 6.35. The zero-order valence-corrected chi connectivity index (χ0v) is 23.8. The van der Waals surface area contributed by atoms with Crippen molar-refractivity contribution in [2.75, 3.05) is 29.7 Å². The lowest BCUT2D eigenvalue weighted by Crippen LogP contribution is -2.27. The van der Waals surface area contributed by atoms with E-state index in [9.17, 15) is 4.79 Å². The second-order valence-electron chi connectivity index (χ2n) is 10.3. The van der Waals surface area contributed by atoms with E-state index in [1.54, 1.807) is 0 Å². The molecule has 3 nitrogen and oxygen atoms in total. The van der Waals surface area contributed by atoms with Crippen molar-refractivity contribution in [2.24, 2.45) is 0 Å². The van der Waals surface area contributed by atoms with E-state index in [0.717, 1.165) is 42.6 Å². The van der Waals surface area contributed by atoms with Gasteiger partial charge in [-0.25, -0.2) is 0 Å². The molecule has 0 heterocycles. The van der Waals surface area contributed by atoms with E-state index in [2.05, 4.69) is 95.9 Å². The molecule has 5 heteroatoms. The second-order valence-corrected chi connectivity index (χ2v) is 11.0. The molecule has 202 valence electrons. The van der Waals surface area contributed by atoms with Crippen molar-refractivity contribution in [3.05, 3.63) is 102 Å². The van der Waals surface area contributed by atoms with E-state index in [1.807, 2.05) is 0 Å². The van der Waals surface area contributed by atoms with Gasteiger partial charge in [-0.05, 0) is 79.2 Å². The van der Waals surface area contributed by atoms with Crippen LogP contribution in [0.2, 0.25) is 0 Å². The number of hydrogen-bond acceptors (Lipinski definition) is 3. The number of halogens is 2. The van der Waals surface area contributed by atoms with Crippen molar-refractivity contribution in [1.82, 2.24) is 0 Å². The Balaban J connectivity index is 1.13. The summed E-state index contributed by atoms with van der Waals surface area (Å²) in [6, 6.07) is 32.2. The van der Waals surface area contributed by atoms with Crippen LogP contribution in [0.3, 0.4) is 0 Å². The average molecular weight is 569 g/mol. The Morgan fingerprint density at radius 2 is 1.27 bits per heavy atom. The molecule has 0 fully saturated rings. The number of ether oxygens (including phenoxy) is 1. The van der Waals surface area contributed by atoms with Gasteiger partial charge in [0.05, 0.1) is 0 Å². The molecule has 6 rings (SSSR count). The second kappa shape index (κ2) is 11.9. The van der Waals surface area contributed by atoms with Gasteiger partial charge in [-0.1, -0.05) is 78.9 Å². The topological polar surface area (TPSA) is 29.5 Å². The third-order valence-electron chi connectivity index (χ3n) is 7.86. The molecule has 0 bridgehead atoms. The summed E-state index contributed by atoms with van der Waals surface area (Å²) in [5.74, 6) is 0.959. The van der Waals surface area contributed by atoms with Crippen molar-refractivity contribution in [3.63, 3.8) is 0 Å². The Morgan fingerprint density at radius 3 is 1.95 bits per heavy atom. The summed E-state index contributed by atoms with van der Waals surface area (Å²) in [4.78, 5) is 14.9. The number of anilines is 1. The Kier molecular flexibility index (Phi) is 7.95.